The van der Waals surface area contributed by atoms with Crippen molar-refractivity contribution < 1.29 is 9.53 Å². The number of nitrogens with zero attached hydrogens (tertiary/aromatic N) is 1. The molecular weight excluding hydrogens is 266 g/mol. The summed E-state index contributed by atoms with van der Waals surface area (Å²) < 4.78 is 5.26. The van der Waals surface area contributed by atoms with Gasteiger partial charge in [0.2, 0.25) is 5.91 Å². The number of carbonyl (C=O) groups is 1. The van der Waals surface area contributed by atoms with E-state index in [-0.39, 0.29) is 12.5 Å². The SMILES string of the molecule is COc1ccccc1CNCC(=O)NCc1ccncc1. The third-order valence-corrected chi connectivity index (χ3v) is 3.03. The van der Waals surface area contributed by atoms with Crippen molar-refractivity contribution in [3.05, 3.63) is 59.9 Å². The molecule has 21 heavy (non-hydrogen) atoms. The highest BCUT2D eigenvalue weighted by Gasteiger charge is 2.04. The zero-order chi connectivity index (χ0) is 14.9. The molecule has 2 rings (SSSR count). The first-order valence-corrected chi connectivity index (χ1v) is 6.78. The maximum Gasteiger partial charge on any atom is 0.234 e. The molecule has 0 fully saturated rings. The molecule has 110 valence electrons. The lowest BCUT2D eigenvalue weighted by Crippen LogP contribution is -2.33. The van der Waals surface area contributed by atoms with Gasteiger partial charge in [-0.1, -0.05) is 18.2 Å². The Hall–Kier alpha value is -2.40. The van der Waals surface area contributed by atoms with E-state index in [0.29, 0.717) is 13.1 Å². The summed E-state index contributed by atoms with van der Waals surface area (Å²) >= 11 is 0. The van der Waals surface area contributed by atoms with Gasteiger partial charge < -0.3 is 15.4 Å². The van der Waals surface area contributed by atoms with Crippen LogP contribution in [0.2, 0.25) is 0 Å². The fourth-order valence-electron chi connectivity index (χ4n) is 1.92. The van der Waals surface area contributed by atoms with E-state index in [0.717, 1.165) is 16.9 Å². The summed E-state index contributed by atoms with van der Waals surface area (Å²) in [5.41, 5.74) is 2.06. The summed E-state index contributed by atoms with van der Waals surface area (Å²) in [6.45, 7) is 1.37. The molecule has 0 radical (unpaired) electrons. The quantitative estimate of drug-likeness (QED) is 0.809. The zero-order valence-electron chi connectivity index (χ0n) is 12.0. The second-order valence-corrected chi connectivity index (χ2v) is 4.55. The third-order valence-electron chi connectivity index (χ3n) is 3.03. The second kappa shape index (κ2) is 8.01. The van der Waals surface area contributed by atoms with E-state index in [1.807, 2.05) is 36.4 Å². The van der Waals surface area contributed by atoms with E-state index in [2.05, 4.69) is 15.6 Å². The van der Waals surface area contributed by atoms with Crippen LogP contribution in [-0.4, -0.2) is 24.5 Å². The smallest absolute Gasteiger partial charge is 0.234 e. The highest BCUT2D eigenvalue weighted by molar-refractivity contribution is 5.77. The predicted octanol–water partition coefficient (Wildman–Crippen LogP) is 1.50. The maximum atomic E-state index is 11.7. The molecule has 0 aliphatic heterocycles. The average Bonchev–Trinajstić information content (AvgIpc) is 2.54. The normalized spacial score (nSPS) is 10.1. The second-order valence-electron chi connectivity index (χ2n) is 4.55. The molecule has 0 saturated heterocycles. The van der Waals surface area contributed by atoms with Crippen LogP contribution in [0.5, 0.6) is 5.75 Å². The van der Waals surface area contributed by atoms with Gasteiger partial charge in [-0.15, -0.1) is 0 Å². The Balaban J connectivity index is 1.72. The summed E-state index contributed by atoms with van der Waals surface area (Å²) in [6.07, 6.45) is 3.42. The number of nitrogens with one attached hydrogen (secondary N) is 2. The van der Waals surface area contributed by atoms with Gasteiger partial charge in [0.05, 0.1) is 13.7 Å². The summed E-state index contributed by atoms with van der Waals surface area (Å²) in [4.78, 5) is 15.7. The first-order valence-electron chi connectivity index (χ1n) is 6.78. The lowest BCUT2D eigenvalue weighted by atomic mass is 10.2. The first-order chi connectivity index (χ1) is 10.3. The molecule has 5 nitrogen and oxygen atoms in total. The number of hydrogen-bond donors (Lipinski definition) is 2. The van der Waals surface area contributed by atoms with Gasteiger partial charge in [-0.2, -0.15) is 0 Å². The monoisotopic (exact) mass is 285 g/mol. The molecule has 1 amide bonds. The van der Waals surface area contributed by atoms with Gasteiger partial charge in [-0.25, -0.2) is 0 Å². The number of rotatable bonds is 7. The molecular formula is C16H19N3O2. The van der Waals surface area contributed by atoms with E-state index in [1.165, 1.54) is 0 Å². The van der Waals surface area contributed by atoms with Crippen molar-refractivity contribution in [2.45, 2.75) is 13.1 Å². The Labute approximate surface area is 124 Å². The van der Waals surface area contributed by atoms with E-state index in [4.69, 9.17) is 4.74 Å². The van der Waals surface area contributed by atoms with Crippen LogP contribution < -0.4 is 15.4 Å². The van der Waals surface area contributed by atoms with E-state index in [1.54, 1.807) is 19.5 Å². The van der Waals surface area contributed by atoms with Crippen LogP contribution >= 0.6 is 0 Å². The van der Waals surface area contributed by atoms with Crippen LogP contribution in [0.3, 0.4) is 0 Å². The largest absolute Gasteiger partial charge is 0.496 e. The number of methoxy groups -OCH3 is 1. The number of ether oxygens (including phenoxy) is 1. The van der Waals surface area contributed by atoms with Gasteiger partial charge in [0, 0.05) is 31.0 Å². The number of aromatic nitrogens is 1. The van der Waals surface area contributed by atoms with Crippen molar-refractivity contribution in [2.75, 3.05) is 13.7 Å². The number of para-hydroxylation sites is 1. The van der Waals surface area contributed by atoms with Crippen LogP contribution in [0.1, 0.15) is 11.1 Å². The number of carbonyl (C=O) groups excluding carboxylic acids is 1. The molecule has 0 atom stereocenters. The minimum absolute atomic E-state index is 0.0401. The number of amides is 1. The van der Waals surface area contributed by atoms with Crippen LogP contribution in [0.15, 0.2) is 48.8 Å². The fraction of sp³-hybridized carbons (Fsp3) is 0.250. The predicted molar refractivity (Wildman–Crippen MR) is 80.8 cm³/mol. The molecule has 0 spiro atoms. The summed E-state index contributed by atoms with van der Waals surface area (Å²) in [5.74, 6) is 0.781. The van der Waals surface area contributed by atoms with Gasteiger partial charge in [-0.3, -0.25) is 9.78 Å². The van der Waals surface area contributed by atoms with Crippen LogP contribution in [-0.2, 0) is 17.9 Å². The molecule has 0 aliphatic rings. The van der Waals surface area contributed by atoms with Crippen molar-refractivity contribution in [1.29, 1.82) is 0 Å². The molecule has 1 aromatic carbocycles. The Morgan fingerprint density at radius 1 is 1.14 bits per heavy atom. The lowest BCUT2D eigenvalue weighted by molar-refractivity contribution is -0.120. The molecule has 2 aromatic rings. The minimum Gasteiger partial charge on any atom is -0.496 e. The fourth-order valence-corrected chi connectivity index (χ4v) is 1.92. The Kier molecular flexibility index (Phi) is 5.72. The molecule has 0 bridgehead atoms. The molecule has 0 aliphatic carbocycles. The van der Waals surface area contributed by atoms with Crippen molar-refractivity contribution in [2.24, 2.45) is 0 Å². The van der Waals surface area contributed by atoms with Crippen molar-refractivity contribution >= 4 is 5.91 Å². The van der Waals surface area contributed by atoms with Crippen LogP contribution in [0, 0.1) is 0 Å². The lowest BCUT2D eigenvalue weighted by Gasteiger charge is -2.09. The van der Waals surface area contributed by atoms with E-state index >= 15 is 0 Å². The molecule has 0 unspecified atom stereocenters. The molecule has 1 aromatic heterocycles. The van der Waals surface area contributed by atoms with Gasteiger partial charge in [0.1, 0.15) is 5.75 Å². The zero-order valence-corrected chi connectivity index (χ0v) is 12.0. The molecule has 1 heterocycles. The van der Waals surface area contributed by atoms with Crippen molar-refractivity contribution in [3.8, 4) is 5.75 Å². The van der Waals surface area contributed by atoms with Crippen LogP contribution in [0.25, 0.3) is 0 Å². The van der Waals surface area contributed by atoms with Gasteiger partial charge in [0.25, 0.3) is 0 Å². The minimum atomic E-state index is -0.0401. The van der Waals surface area contributed by atoms with Crippen LogP contribution in [0.4, 0.5) is 0 Å². The number of benzene rings is 1. The average molecular weight is 285 g/mol. The molecule has 0 saturated carbocycles. The highest BCUT2D eigenvalue weighted by atomic mass is 16.5. The number of hydrogen-bond acceptors (Lipinski definition) is 4. The van der Waals surface area contributed by atoms with Crippen molar-refractivity contribution in [1.82, 2.24) is 15.6 Å². The summed E-state index contributed by atoms with van der Waals surface area (Å²) in [6, 6.07) is 11.5. The van der Waals surface area contributed by atoms with Gasteiger partial charge >= 0.3 is 0 Å². The molecule has 5 heteroatoms. The van der Waals surface area contributed by atoms with E-state index < -0.39 is 0 Å². The third kappa shape index (κ3) is 4.89. The maximum absolute atomic E-state index is 11.7. The first kappa shape index (κ1) is 15.0. The van der Waals surface area contributed by atoms with Gasteiger partial charge in [-0.05, 0) is 23.8 Å². The Bertz CT molecular complexity index is 573. The topological polar surface area (TPSA) is 63.2 Å². The summed E-state index contributed by atoms with van der Waals surface area (Å²) in [7, 11) is 1.64. The van der Waals surface area contributed by atoms with E-state index in [9.17, 15) is 4.79 Å². The Morgan fingerprint density at radius 3 is 2.67 bits per heavy atom. The van der Waals surface area contributed by atoms with Gasteiger partial charge in [0.15, 0.2) is 0 Å². The standard InChI is InChI=1S/C16H19N3O2/c1-21-15-5-3-2-4-14(15)11-18-12-16(20)19-10-13-6-8-17-9-7-13/h2-9,18H,10-12H2,1H3,(H,19,20). The summed E-state index contributed by atoms with van der Waals surface area (Å²) in [5, 5.41) is 5.96. The Morgan fingerprint density at radius 2 is 1.90 bits per heavy atom. The highest BCUT2D eigenvalue weighted by Crippen LogP contribution is 2.16. The number of pyridine rings is 1. The molecule has 2 N–H and O–H groups in total. The van der Waals surface area contributed by atoms with Crippen molar-refractivity contribution in [3.63, 3.8) is 0 Å².